The Morgan fingerprint density at radius 3 is 2.57 bits per heavy atom. The minimum Gasteiger partial charge on any atom is -0.496 e. The van der Waals surface area contributed by atoms with Crippen molar-refractivity contribution in [1.82, 2.24) is 14.4 Å². The zero-order chi connectivity index (χ0) is 15.1. The molecule has 0 aliphatic carbocycles. The van der Waals surface area contributed by atoms with E-state index in [0.717, 1.165) is 44.2 Å². The van der Waals surface area contributed by atoms with Gasteiger partial charge in [-0.05, 0) is 60.5 Å². The molecule has 0 aliphatic heterocycles. The SMILES string of the molecule is COc1ccc(-c2cn3c(C)c(Br)c(C)nc3n2)cc1C. The van der Waals surface area contributed by atoms with Gasteiger partial charge >= 0.3 is 0 Å². The fourth-order valence-electron chi connectivity index (χ4n) is 2.44. The van der Waals surface area contributed by atoms with Gasteiger partial charge in [0.15, 0.2) is 0 Å². The van der Waals surface area contributed by atoms with E-state index in [1.807, 2.05) is 36.6 Å². The Balaban J connectivity index is 2.17. The number of ether oxygens (including phenoxy) is 1. The normalized spacial score (nSPS) is 11.1. The van der Waals surface area contributed by atoms with Gasteiger partial charge in [-0.3, -0.25) is 4.40 Å². The number of aromatic nitrogens is 3. The van der Waals surface area contributed by atoms with E-state index in [0.29, 0.717) is 0 Å². The molecule has 0 fully saturated rings. The number of fused-ring (bicyclic) bond motifs is 1. The smallest absolute Gasteiger partial charge is 0.234 e. The van der Waals surface area contributed by atoms with Crippen molar-refractivity contribution < 1.29 is 4.74 Å². The molecule has 0 spiro atoms. The molecule has 2 heterocycles. The molecule has 0 saturated carbocycles. The maximum atomic E-state index is 5.30. The number of methoxy groups -OCH3 is 1. The van der Waals surface area contributed by atoms with Crippen LogP contribution in [0.5, 0.6) is 5.75 Å². The van der Waals surface area contributed by atoms with Crippen LogP contribution in [0.3, 0.4) is 0 Å². The lowest BCUT2D eigenvalue weighted by atomic mass is 10.1. The second-order valence-corrected chi connectivity index (χ2v) is 5.87. The molecule has 4 nitrogen and oxygen atoms in total. The number of nitrogens with zero attached hydrogens (tertiary/aromatic N) is 3. The van der Waals surface area contributed by atoms with Gasteiger partial charge in [0.05, 0.1) is 23.0 Å². The summed E-state index contributed by atoms with van der Waals surface area (Å²) in [5.74, 6) is 1.60. The van der Waals surface area contributed by atoms with Gasteiger partial charge in [-0.25, -0.2) is 9.97 Å². The standard InChI is InChI=1S/C16H16BrN3O/c1-9-7-12(5-6-14(9)21-4)13-8-20-11(3)15(17)10(2)18-16(20)19-13/h5-8H,1-4H3. The van der Waals surface area contributed by atoms with E-state index in [1.165, 1.54) is 0 Å². The third-order valence-electron chi connectivity index (χ3n) is 3.64. The fraction of sp³-hybridized carbons (Fsp3) is 0.250. The summed E-state index contributed by atoms with van der Waals surface area (Å²) in [7, 11) is 1.68. The molecular formula is C16H16BrN3O. The van der Waals surface area contributed by atoms with Crippen molar-refractivity contribution in [2.75, 3.05) is 7.11 Å². The summed E-state index contributed by atoms with van der Waals surface area (Å²) in [4.78, 5) is 9.15. The second-order valence-electron chi connectivity index (χ2n) is 5.08. The molecule has 0 bridgehead atoms. The van der Waals surface area contributed by atoms with Crippen LogP contribution in [0.25, 0.3) is 17.0 Å². The van der Waals surface area contributed by atoms with E-state index in [-0.39, 0.29) is 0 Å². The average molecular weight is 346 g/mol. The van der Waals surface area contributed by atoms with Crippen LogP contribution in [0, 0.1) is 20.8 Å². The van der Waals surface area contributed by atoms with Crippen molar-refractivity contribution in [2.45, 2.75) is 20.8 Å². The highest BCUT2D eigenvalue weighted by molar-refractivity contribution is 9.10. The van der Waals surface area contributed by atoms with Gasteiger partial charge in [0, 0.05) is 17.5 Å². The molecule has 5 heteroatoms. The van der Waals surface area contributed by atoms with Crippen LogP contribution in [0.1, 0.15) is 17.0 Å². The lowest BCUT2D eigenvalue weighted by Crippen LogP contribution is -1.97. The highest BCUT2D eigenvalue weighted by Crippen LogP contribution is 2.27. The van der Waals surface area contributed by atoms with Crippen LogP contribution >= 0.6 is 15.9 Å². The molecule has 0 atom stereocenters. The molecule has 0 amide bonds. The second kappa shape index (κ2) is 5.15. The molecule has 3 rings (SSSR count). The largest absolute Gasteiger partial charge is 0.496 e. The molecular weight excluding hydrogens is 330 g/mol. The number of hydrogen-bond acceptors (Lipinski definition) is 3. The molecule has 1 aromatic carbocycles. The molecule has 0 unspecified atom stereocenters. The summed E-state index contributed by atoms with van der Waals surface area (Å²) >= 11 is 3.57. The fourth-order valence-corrected chi connectivity index (χ4v) is 2.72. The summed E-state index contributed by atoms with van der Waals surface area (Å²) in [6.07, 6.45) is 2.02. The number of imidazole rings is 1. The Morgan fingerprint density at radius 2 is 1.90 bits per heavy atom. The summed E-state index contributed by atoms with van der Waals surface area (Å²) in [6.45, 7) is 6.06. The predicted molar refractivity (Wildman–Crippen MR) is 86.9 cm³/mol. The maximum absolute atomic E-state index is 5.30. The van der Waals surface area contributed by atoms with Gasteiger partial charge in [0.1, 0.15) is 5.75 Å². The van der Waals surface area contributed by atoms with E-state index in [1.54, 1.807) is 7.11 Å². The number of aryl methyl sites for hydroxylation is 3. The molecule has 0 radical (unpaired) electrons. The van der Waals surface area contributed by atoms with Crippen LogP contribution in [0.2, 0.25) is 0 Å². The van der Waals surface area contributed by atoms with Crippen LogP contribution in [0.4, 0.5) is 0 Å². The summed E-state index contributed by atoms with van der Waals surface area (Å²) in [6, 6.07) is 6.07. The first-order valence-electron chi connectivity index (χ1n) is 6.68. The Labute approximate surface area is 131 Å². The van der Waals surface area contributed by atoms with Crippen molar-refractivity contribution in [2.24, 2.45) is 0 Å². The van der Waals surface area contributed by atoms with Crippen molar-refractivity contribution in [3.63, 3.8) is 0 Å². The minimum atomic E-state index is 0.719. The first-order valence-corrected chi connectivity index (χ1v) is 7.47. The molecule has 108 valence electrons. The third kappa shape index (κ3) is 2.31. The molecule has 3 aromatic rings. The zero-order valence-electron chi connectivity index (χ0n) is 12.4. The first-order chi connectivity index (χ1) is 10.0. The van der Waals surface area contributed by atoms with E-state index >= 15 is 0 Å². The van der Waals surface area contributed by atoms with E-state index < -0.39 is 0 Å². The van der Waals surface area contributed by atoms with Crippen molar-refractivity contribution in [3.05, 3.63) is 45.8 Å². The molecule has 0 aliphatic rings. The Morgan fingerprint density at radius 1 is 1.14 bits per heavy atom. The molecule has 0 N–H and O–H groups in total. The van der Waals surface area contributed by atoms with Crippen molar-refractivity contribution >= 4 is 21.7 Å². The Kier molecular flexibility index (Phi) is 3.45. The topological polar surface area (TPSA) is 39.4 Å². The summed E-state index contributed by atoms with van der Waals surface area (Å²) < 4.78 is 8.33. The predicted octanol–water partition coefficient (Wildman–Crippen LogP) is 4.09. The lowest BCUT2D eigenvalue weighted by molar-refractivity contribution is 0.412. The number of hydrogen-bond donors (Lipinski definition) is 0. The van der Waals surface area contributed by atoms with Crippen LogP contribution in [0.15, 0.2) is 28.9 Å². The van der Waals surface area contributed by atoms with Crippen molar-refractivity contribution in [1.29, 1.82) is 0 Å². The average Bonchev–Trinajstić information content (AvgIpc) is 2.89. The van der Waals surface area contributed by atoms with Crippen molar-refractivity contribution in [3.8, 4) is 17.0 Å². The van der Waals surface area contributed by atoms with Crippen LogP contribution in [-0.2, 0) is 0 Å². The van der Waals surface area contributed by atoms with Gasteiger partial charge in [-0.15, -0.1) is 0 Å². The third-order valence-corrected chi connectivity index (χ3v) is 4.79. The quantitative estimate of drug-likeness (QED) is 0.702. The lowest BCUT2D eigenvalue weighted by Gasteiger charge is -2.05. The molecule has 0 saturated heterocycles. The van der Waals surface area contributed by atoms with Crippen LogP contribution < -0.4 is 4.74 Å². The van der Waals surface area contributed by atoms with Gasteiger partial charge < -0.3 is 4.74 Å². The first kappa shape index (κ1) is 14.1. The Bertz CT molecular complexity index is 839. The van der Waals surface area contributed by atoms with Crippen LogP contribution in [-0.4, -0.2) is 21.5 Å². The van der Waals surface area contributed by atoms with E-state index in [2.05, 4.69) is 38.9 Å². The van der Waals surface area contributed by atoms with E-state index in [4.69, 9.17) is 4.74 Å². The van der Waals surface area contributed by atoms with Gasteiger partial charge in [0.25, 0.3) is 0 Å². The summed E-state index contributed by atoms with van der Waals surface area (Å²) in [5.41, 5.74) is 5.11. The highest BCUT2D eigenvalue weighted by atomic mass is 79.9. The monoisotopic (exact) mass is 345 g/mol. The zero-order valence-corrected chi connectivity index (χ0v) is 14.0. The highest BCUT2D eigenvalue weighted by Gasteiger charge is 2.12. The molecule has 2 aromatic heterocycles. The number of halogens is 1. The maximum Gasteiger partial charge on any atom is 0.234 e. The Hall–Kier alpha value is -1.88. The minimum absolute atomic E-state index is 0.719. The van der Waals surface area contributed by atoms with Gasteiger partial charge in [-0.1, -0.05) is 0 Å². The summed E-state index contributed by atoms with van der Waals surface area (Å²) in [5, 5.41) is 0. The van der Waals surface area contributed by atoms with Gasteiger partial charge in [0.2, 0.25) is 5.78 Å². The van der Waals surface area contributed by atoms with Gasteiger partial charge in [-0.2, -0.15) is 0 Å². The number of benzene rings is 1. The van der Waals surface area contributed by atoms with E-state index in [9.17, 15) is 0 Å². The number of rotatable bonds is 2. The molecule has 21 heavy (non-hydrogen) atoms.